The Bertz CT molecular complexity index is 1170. The van der Waals surface area contributed by atoms with Crippen LogP contribution >= 0.6 is 11.6 Å². The number of fused-ring (bicyclic) bond motifs is 1. The molecule has 1 aliphatic rings. The maximum atomic E-state index is 14.6. The van der Waals surface area contributed by atoms with Crippen LogP contribution in [0.5, 0.6) is 5.75 Å². The van der Waals surface area contributed by atoms with Gasteiger partial charge in [-0.1, -0.05) is 48.0 Å². The van der Waals surface area contributed by atoms with E-state index in [1.165, 1.54) is 19.2 Å². The summed E-state index contributed by atoms with van der Waals surface area (Å²) in [5, 5.41) is 42.1. The minimum absolute atomic E-state index is 0.0465. The number of rotatable bonds is 5. The fraction of sp³-hybridized carbons (Fsp3) is 0.333. The Balaban J connectivity index is 1.84. The molecule has 4 rings (SSSR count). The van der Waals surface area contributed by atoms with Crippen LogP contribution in [0.25, 0.3) is 10.8 Å². The van der Waals surface area contributed by atoms with Crippen LogP contribution in [0.2, 0.25) is 5.02 Å². The molecule has 1 heterocycles. The fourth-order valence-electron chi connectivity index (χ4n) is 4.22. The van der Waals surface area contributed by atoms with E-state index in [2.05, 4.69) is 0 Å². The van der Waals surface area contributed by atoms with Gasteiger partial charge in [0.25, 0.3) is 0 Å². The molecule has 0 saturated carbocycles. The Labute approximate surface area is 193 Å². The lowest BCUT2D eigenvalue weighted by atomic mass is 9.87. The molecular formula is C24H23ClF2O6. The number of aliphatic hydroxyl groups is 4. The first kappa shape index (κ1) is 23.8. The number of hydrogen-bond acceptors (Lipinski definition) is 6. The van der Waals surface area contributed by atoms with E-state index in [1.54, 1.807) is 30.3 Å². The van der Waals surface area contributed by atoms with E-state index in [9.17, 15) is 29.2 Å². The molecule has 0 spiro atoms. The van der Waals surface area contributed by atoms with Crippen LogP contribution in [0, 0.1) is 11.6 Å². The van der Waals surface area contributed by atoms with Gasteiger partial charge >= 0.3 is 0 Å². The summed E-state index contributed by atoms with van der Waals surface area (Å²) in [6.07, 6.45) is -6.85. The van der Waals surface area contributed by atoms with Crippen molar-refractivity contribution in [3.63, 3.8) is 0 Å². The van der Waals surface area contributed by atoms with Gasteiger partial charge in [0.15, 0.2) is 11.6 Å². The van der Waals surface area contributed by atoms with E-state index in [0.29, 0.717) is 26.9 Å². The SMILES string of the molecule is COc1ccc(Cc2cc([C@@H]3O[C@H](CO)[C@@H](O)[C@H](O)[C@H]3O)c3ccccc3c2Cl)c(F)c1F. The standard InChI is InChI=1S/C24H23ClF2O6/c1-32-16-7-6-11(19(26)20(16)27)8-12-9-15(13-4-2-3-5-14(13)18(12)25)24-23(31)22(30)21(29)17(10-28)33-24/h2-7,9,17,21-24,28-31H,8,10H2,1H3/t17-,21-,22+,23-,24+/m1/s1. The van der Waals surface area contributed by atoms with Gasteiger partial charge in [-0.05, 0) is 28.1 Å². The highest BCUT2D eigenvalue weighted by Gasteiger charge is 2.44. The highest BCUT2D eigenvalue weighted by molar-refractivity contribution is 6.36. The van der Waals surface area contributed by atoms with Crippen molar-refractivity contribution in [1.29, 1.82) is 0 Å². The van der Waals surface area contributed by atoms with Gasteiger partial charge in [0.05, 0.1) is 18.7 Å². The van der Waals surface area contributed by atoms with Gasteiger partial charge in [-0.3, -0.25) is 0 Å². The maximum absolute atomic E-state index is 14.6. The molecule has 1 fully saturated rings. The van der Waals surface area contributed by atoms with Crippen LogP contribution < -0.4 is 4.74 Å². The van der Waals surface area contributed by atoms with Crippen molar-refractivity contribution >= 4 is 22.4 Å². The van der Waals surface area contributed by atoms with Crippen molar-refractivity contribution in [3.05, 3.63) is 75.8 Å². The van der Waals surface area contributed by atoms with E-state index < -0.39 is 48.8 Å². The molecule has 176 valence electrons. The summed E-state index contributed by atoms with van der Waals surface area (Å²) in [7, 11) is 1.24. The molecular weight excluding hydrogens is 458 g/mol. The summed E-state index contributed by atoms with van der Waals surface area (Å²) < 4.78 is 39.4. The van der Waals surface area contributed by atoms with Crippen LogP contribution in [0.4, 0.5) is 8.78 Å². The van der Waals surface area contributed by atoms with Gasteiger partial charge in [-0.2, -0.15) is 4.39 Å². The molecule has 6 nitrogen and oxygen atoms in total. The van der Waals surface area contributed by atoms with Crippen molar-refractivity contribution < 1.29 is 38.7 Å². The van der Waals surface area contributed by atoms with Gasteiger partial charge in [-0.15, -0.1) is 0 Å². The molecule has 3 aromatic rings. The third-order valence-electron chi connectivity index (χ3n) is 6.01. The largest absolute Gasteiger partial charge is 0.494 e. The fourth-order valence-corrected chi connectivity index (χ4v) is 4.51. The Morgan fingerprint density at radius 2 is 1.64 bits per heavy atom. The van der Waals surface area contributed by atoms with Crippen molar-refractivity contribution in [2.75, 3.05) is 13.7 Å². The Morgan fingerprint density at radius 3 is 2.30 bits per heavy atom. The number of hydrogen-bond donors (Lipinski definition) is 4. The number of aliphatic hydroxyl groups excluding tert-OH is 4. The zero-order chi connectivity index (χ0) is 23.9. The van der Waals surface area contributed by atoms with Gasteiger partial charge < -0.3 is 29.9 Å². The molecule has 0 radical (unpaired) electrons. The lowest BCUT2D eigenvalue weighted by molar-refractivity contribution is -0.231. The number of ether oxygens (including phenoxy) is 2. The summed E-state index contributed by atoms with van der Waals surface area (Å²) in [5.41, 5.74) is 0.910. The van der Waals surface area contributed by atoms with E-state index in [-0.39, 0.29) is 17.7 Å². The average Bonchev–Trinajstić information content (AvgIpc) is 2.83. The zero-order valence-corrected chi connectivity index (χ0v) is 18.3. The first-order valence-electron chi connectivity index (χ1n) is 10.3. The Hall–Kier alpha value is -2.33. The summed E-state index contributed by atoms with van der Waals surface area (Å²) in [5.74, 6) is -2.39. The summed E-state index contributed by atoms with van der Waals surface area (Å²) >= 11 is 6.62. The van der Waals surface area contributed by atoms with Gasteiger partial charge in [0, 0.05) is 11.8 Å². The molecule has 1 aliphatic heterocycles. The lowest BCUT2D eigenvalue weighted by Crippen LogP contribution is -2.55. The van der Waals surface area contributed by atoms with Crippen molar-refractivity contribution in [1.82, 2.24) is 0 Å². The highest BCUT2D eigenvalue weighted by atomic mass is 35.5. The highest BCUT2D eigenvalue weighted by Crippen LogP contribution is 2.40. The zero-order valence-electron chi connectivity index (χ0n) is 17.6. The van der Waals surface area contributed by atoms with Gasteiger partial charge in [0.2, 0.25) is 5.82 Å². The molecule has 9 heteroatoms. The third kappa shape index (κ3) is 4.19. The lowest BCUT2D eigenvalue weighted by Gasteiger charge is -2.40. The molecule has 0 amide bonds. The molecule has 0 unspecified atom stereocenters. The maximum Gasteiger partial charge on any atom is 0.200 e. The van der Waals surface area contributed by atoms with E-state index in [4.69, 9.17) is 21.1 Å². The predicted molar refractivity (Wildman–Crippen MR) is 117 cm³/mol. The summed E-state index contributed by atoms with van der Waals surface area (Å²) in [6, 6.07) is 11.3. The average molecular weight is 481 g/mol. The van der Waals surface area contributed by atoms with E-state index >= 15 is 0 Å². The Morgan fingerprint density at radius 1 is 0.939 bits per heavy atom. The van der Waals surface area contributed by atoms with E-state index in [0.717, 1.165) is 0 Å². The van der Waals surface area contributed by atoms with Crippen LogP contribution in [-0.4, -0.2) is 58.6 Å². The molecule has 0 bridgehead atoms. The molecule has 5 atom stereocenters. The van der Waals surface area contributed by atoms with Crippen molar-refractivity contribution in [3.8, 4) is 5.75 Å². The van der Waals surface area contributed by atoms with Crippen LogP contribution in [0.3, 0.4) is 0 Å². The quantitative estimate of drug-likeness (QED) is 0.448. The second-order valence-electron chi connectivity index (χ2n) is 7.97. The molecule has 0 aliphatic carbocycles. The normalized spacial score (nSPS) is 25.4. The third-order valence-corrected chi connectivity index (χ3v) is 6.46. The first-order valence-corrected chi connectivity index (χ1v) is 10.7. The predicted octanol–water partition coefficient (Wildman–Crippen LogP) is 2.89. The smallest absolute Gasteiger partial charge is 0.200 e. The second kappa shape index (κ2) is 9.50. The number of methoxy groups -OCH3 is 1. The molecule has 0 aromatic heterocycles. The minimum Gasteiger partial charge on any atom is -0.494 e. The summed E-state index contributed by atoms with van der Waals surface area (Å²) in [6.45, 7) is -0.573. The summed E-state index contributed by atoms with van der Waals surface area (Å²) in [4.78, 5) is 0. The van der Waals surface area contributed by atoms with Crippen molar-refractivity contribution in [2.45, 2.75) is 36.9 Å². The number of benzene rings is 3. The molecule has 33 heavy (non-hydrogen) atoms. The van der Waals surface area contributed by atoms with Crippen LogP contribution in [0.15, 0.2) is 42.5 Å². The van der Waals surface area contributed by atoms with Crippen LogP contribution in [0.1, 0.15) is 22.8 Å². The topological polar surface area (TPSA) is 99.4 Å². The molecule has 4 N–H and O–H groups in total. The molecule has 1 saturated heterocycles. The second-order valence-corrected chi connectivity index (χ2v) is 8.34. The van der Waals surface area contributed by atoms with E-state index in [1.807, 2.05) is 0 Å². The van der Waals surface area contributed by atoms with Crippen molar-refractivity contribution in [2.24, 2.45) is 0 Å². The molecule has 3 aromatic carbocycles. The monoisotopic (exact) mass is 480 g/mol. The van der Waals surface area contributed by atoms with Gasteiger partial charge in [-0.25, -0.2) is 4.39 Å². The van der Waals surface area contributed by atoms with Crippen LogP contribution in [-0.2, 0) is 11.2 Å². The minimum atomic E-state index is -1.56. The first-order chi connectivity index (χ1) is 15.8. The van der Waals surface area contributed by atoms with Gasteiger partial charge in [0.1, 0.15) is 30.5 Å². The number of halogens is 3. The Kier molecular flexibility index (Phi) is 6.86.